The first-order valence-corrected chi connectivity index (χ1v) is 10.3. The number of hydrogen-bond donors (Lipinski definition) is 0. The van der Waals surface area contributed by atoms with Crippen LogP contribution < -0.4 is 0 Å². The number of nitrogens with zero attached hydrogens (tertiary/aromatic N) is 1. The van der Waals surface area contributed by atoms with Crippen LogP contribution in [0, 0.1) is 0 Å². The average Bonchev–Trinajstić information content (AvgIpc) is 2.99. The molecule has 0 radical (unpaired) electrons. The second-order valence-corrected chi connectivity index (χ2v) is 7.40. The van der Waals surface area contributed by atoms with E-state index in [1.165, 1.54) is 79.6 Å². The summed E-state index contributed by atoms with van der Waals surface area (Å²) < 4.78 is 2.65. The van der Waals surface area contributed by atoms with E-state index in [0.29, 0.717) is 6.04 Å². The predicted octanol–water partition coefficient (Wildman–Crippen LogP) is 7.89. The molecule has 0 aliphatic heterocycles. The highest BCUT2D eigenvalue weighted by Crippen LogP contribution is 2.35. The summed E-state index contributed by atoms with van der Waals surface area (Å²) in [5.74, 6) is 0. The van der Waals surface area contributed by atoms with Crippen LogP contribution in [0.5, 0.6) is 0 Å². The number of hydrogen-bond acceptors (Lipinski definition) is 0. The van der Waals surface area contributed by atoms with Crippen molar-refractivity contribution in [2.24, 2.45) is 0 Å². The lowest BCUT2D eigenvalue weighted by Crippen LogP contribution is -2.09. The summed E-state index contributed by atoms with van der Waals surface area (Å²) in [4.78, 5) is 0. The molecule has 0 bridgehead atoms. The molecule has 1 heteroatoms. The molecule has 0 amide bonds. The molecule has 3 aromatic rings. The quantitative estimate of drug-likeness (QED) is 0.332. The van der Waals surface area contributed by atoms with E-state index in [2.05, 4.69) is 66.9 Å². The van der Waals surface area contributed by atoms with Gasteiger partial charge in [-0.15, -0.1) is 0 Å². The van der Waals surface area contributed by atoms with Gasteiger partial charge in [0.25, 0.3) is 0 Å². The van der Waals surface area contributed by atoms with Gasteiger partial charge in [-0.25, -0.2) is 0 Å². The highest BCUT2D eigenvalue weighted by atomic mass is 15.0. The van der Waals surface area contributed by atoms with Gasteiger partial charge in [-0.3, -0.25) is 0 Å². The molecule has 1 atom stereocenters. The zero-order valence-corrected chi connectivity index (χ0v) is 16.0. The minimum atomic E-state index is 0.631. The summed E-state index contributed by atoms with van der Waals surface area (Å²) in [5.41, 5.74) is 2.83. The van der Waals surface area contributed by atoms with Gasteiger partial charge in [0.05, 0.1) is 0 Å². The molecule has 0 fully saturated rings. The normalized spacial score (nSPS) is 12.9. The number of fused-ring (bicyclic) bond motifs is 3. The first-order valence-electron chi connectivity index (χ1n) is 10.3. The summed E-state index contributed by atoms with van der Waals surface area (Å²) in [6, 6.07) is 18.5. The second kappa shape index (κ2) is 9.08. The number of aromatic nitrogens is 1. The van der Waals surface area contributed by atoms with Crippen LogP contribution in [-0.4, -0.2) is 4.57 Å². The molecule has 1 nitrogen and oxygen atoms in total. The molecular weight excluding hydrogens is 302 g/mol. The maximum absolute atomic E-state index is 2.65. The molecule has 134 valence electrons. The lowest BCUT2D eigenvalue weighted by atomic mass is 10.0. The lowest BCUT2D eigenvalue weighted by molar-refractivity contribution is 0.418. The Morgan fingerprint density at radius 2 is 1.16 bits per heavy atom. The first kappa shape index (κ1) is 18.0. The number of para-hydroxylation sites is 2. The monoisotopic (exact) mass is 335 g/mol. The van der Waals surface area contributed by atoms with E-state index in [4.69, 9.17) is 0 Å². The molecule has 1 heterocycles. The van der Waals surface area contributed by atoms with Crippen molar-refractivity contribution in [2.75, 3.05) is 0 Å². The van der Waals surface area contributed by atoms with E-state index >= 15 is 0 Å². The van der Waals surface area contributed by atoms with Crippen molar-refractivity contribution in [3.05, 3.63) is 48.5 Å². The van der Waals surface area contributed by atoms with Gasteiger partial charge in [0.1, 0.15) is 0 Å². The summed E-state index contributed by atoms with van der Waals surface area (Å²) in [7, 11) is 0. The molecule has 0 N–H and O–H groups in total. The Kier molecular flexibility index (Phi) is 6.55. The molecule has 0 saturated heterocycles. The van der Waals surface area contributed by atoms with Crippen molar-refractivity contribution in [1.29, 1.82) is 0 Å². The Morgan fingerprint density at radius 3 is 1.76 bits per heavy atom. The van der Waals surface area contributed by atoms with Crippen molar-refractivity contribution in [2.45, 2.75) is 77.7 Å². The number of benzene rings is 2. The van der Waals surface area contributed by atoms with Gasteiger partial charge >= 0.3 is 0 Å². The zero-order valence-electron chi connectivity index (χ0n) is 16.0. The predicted molar refractivity (Wildman–Crippen MR) is 111 cm³/mol. The molecule has 25 heavy (non-hydrogen) atoms. The molecule has 0 aliphatic rings. The Morgan fingerprint density at radius 1 is 0.640 bits per heavy atom. The van der Waals surface area contributed by atoms with Gasteiger partial charge in [0, 0.05) is 27.8 Å². The molecule has 0 aliphatic carbocycles. The molecule has 0 saturated carbocycles. The number of rotatable bonds is 10. The average molecular weight is 336 g/mol. The fourth-order valence-corrected chi connectivity index (χ4v) is 4.17. The van der Waals surface area contributed by atoms with Crippen molar-refractivity contribution in [1.82, 2.24) is 4.57 Å². The van der Waals surface area contributed by atoms with Crippen LogP contribution in [0.3, 0.4) is 0 Å². The van der Waals surface area contributed by atoms with Gasteiger partial charge in [-0.1, -0.05) is 95.2 Å². The minimum absolute atomic E-state index is 0.631. The van der Waals surface area contributed by atoms with E-state index in [1.54, 1.807) is 0 Å². The molecule has 3 rings (SSSR count). The van der Waals surface area contributed by atoms with Crippen LogP contribution in [0.1, 0.15) is 77.7 Å². The fourth-order valence-electron chi connectivity index (χ4n) is 4.17. The van der Waals surface area contributed by atoms with E-state index in [1.807, 2.05) is 0 Å². The van der Waals surface area contributed by atoms with Gasteiger partial charge in [-0.2, -0.15) is 0 Å². The van der Waals surface area contributed by atoms with Gasteiger partial charge in [-0.05, 0) is 25.0 Å². The summed E-state index contributed by atoms with van der Waals surface area (Å²) in [6.07, 6.45) is 12.1. The van der Waals surface area contributed by atoms with Crippen molar-refractivity contribution in [3.8, 4) is 0 Å². The van der Waals surface area contributed by atoms with Crippen LogP contribution in [0.2, 0.25) is 0 Å². The second-order valence-electron chi connectivity index (χ2n) is 7.40. The first-order chi connectivity index (χ1) is 12.4. The Hall–Kier alpha value is -1.76. The molecule has 2 aromatic carbocycles. The smallest absolute Gasteiger partial charge is 0.0493 e. The van der Waals surface area contributed by atoms with Crippen LogP contribution in [0.4, 0.5) is 0 Å². The molecular formula is C24H33N. The summed E-state index contributed by atoms with van der Waals surface area (Å²) >= 11 is 0. The van der Waals surface area contributed by atoms with Crippen molar-refractivity contribution < 1.29 is 0 Å². The standard InChI is InChI=1S/C24H33N/c1-3-5-7-8-9-15-20(14-6-4-2)25-23-18-12-10-16-21(23)22-17-11-13-19-24(22)25/h10-13,16-20H,3-9,14-15H2,1-2H3. The maximum atomic E-state index is 2.65. The third-order valence-corrected chi connectivity index (χ3v) is 5.51. The largest absolute Gasteiger partial charge is 0.337 e. The highest BCUT2D eigenvalue weighted by Gasteiger charge is 2.17. The third kappa shape index (κ3) is 4.08. The molecule has 1 unspecified atom stereocenters. The highest BCUT2D eigenvalue weighted by molar-refractivity contribution is 6.08. The van der Waals surface area contributed by atoms with Crippen LogP contribution in [-0.2, 0) is 0 Å². The topological polar surface area (TPSA) is 4.93 Å². The van der Waals surface area contributed by atoms with E-state index in [0.717, 1.165) is 0 Å². The lowest BCUT2D eigenvalue weighted by Gasteiger charge is -2.21. The third-order valence-electron chi connectivity index (χ3n) is 5.51. The SMILES string of the molecule is CCCCCCCC(CCCC)n1c2ccccc2c2ccccc21. The molecule has 0 spiro atoms. The van der Waals surface area contributed by atoms with E-state index in [-0.39, 0.29) is 0 Å². The Bertz CT molecular complexity index is 730. The van der Waals surface area contributed by atoms with Crippen LogP contribution in [0.15, 0.2) is 48.5 Å². The number of unbranched alkanes of at least 4 members (excludes halogenated alkanes) is 5. The van der Waals surface area contributed by atoms with Crippen molar-refractivity contribution >= 4 is 21.8 Å². The van der Waals surface area contributed by atoms with Gasteiger partial charge < -0.3 is 4.57 Å². The van der Waals surface area contributed by atoms with Gasteiger partial charge in [0.2, 0.25) is 0 Å². The zero-order chi connectivity index (χ0) is 17.5. The minimum Gasteiger partial charge on any atom is -0.337 e. The molecule has 1 aromatic heterocycles. The van der Waals surface area contributed by atoms with E-state index in [9.17, 15) is 0 Å². The maximum Gasteiger partial charge on any atom is 0.0493 e. The van der Waals surface area contributed by atoms with Crippen LogP contribution in [0.25, 0.3) is 21.8 Å². The van der Waals surface area contributed by atoms with Crippen molar-refractivity contribution in [3.63, 3.8) is 0 Å². The Balaban J connectivity index is 1.93. The van der Waals surface area contributed by atoms with Crippen LogP contribution >= 0.6 is 0 Å². The Labute approximate surface area is 153 Å². The van der Waals surface area contributed by atoms with Gasteiger partial charge in [0.15, 0.2) is 0 Å². The fraction of sp³-hybridized carbons (Fsp3) is 0.500. The summed E-state index contributed by atoms with van der Waals surface area (Å²) in [6.45, 7) is 4.60. The van der Waals surface area contributed by atoms with E-state index < -0.39 is 0 Å². The summed E-state index contributed by atoms with van der Waals surface area (Å²) in [5, 5.41) is 2.82.